The summed E-state index contributed by atoms with van der Waals surface area (Å²) in [5, 5.41) is 24.4. The van der Waals surface area contributed by atoms with Gasteiger partial charge in [0.05, 0.1) is 96.7 Å². The molecule has 0 spiro atoms. The first-order chi connectivity index (χ1) is 40.8. The highest BCUT2D eigenvalue weighted by atomic mass is 127. The first-order valence-corrected chi connectivity index (χ1v) is 32.3. The molecule has 22 nitrogen and oxygen atoms in total. The highest BCUT2D eigenvalue weighted by Crippen LogP contribution is 2.48. The van der Waals surface area contributed by atoms with Crippen molar-refractivity contribution < 1.29 is 81.5 Å². The predicted molar refractivity (Wildman–Crippen MR) is 324 cm³/mol. The number of likely N-dealkylation sites (N-methyl/N-ethyl adjacent to an activating group) is 1. The van der Waals surface area contributed by atoms with Crippen molar-refractivity contribution >= 4 is 75.4 Å². The van der Waals surface area contributed by atoms with Crippen molar-refractivity contribution in [1.29, 1.82) is 0 Å². The molecule has 480 valence electrons. The second kappa shape index (κ2) is 27.9. The van der Waals surface area contributed by atoms with Crippen molar-refractivity contribution in [1.82, 2.24) is 19.7 Å². The number of benzene rings is 1. The molecule has 1 aromatic heterocycles. The minimum absolute atomic E-state index is 0.0325. The number of fused-ring (bicyclic) bond motifs is 3. The Kier molecular flexibility index (Phi) is 21.7. The molecular formula is C61H88Cl2IN5O17. The second-order valence-corrected chi connectivity index (χ2v) is 27.2. The van der Waals surface area contributed by atoms with Crippen LogP contribution in [0.15, 0.2) is 30.6 Å². The van der Waals surface area contributed by atoms with E-state index in [1.165, 1.54) is 12.0 Å². The van der Waals surface area contributed by atoms with Crippen molar-refractivity contribution in [3.8, 4) is 11.5 Å². The number of amides is 3. The van der Waals surface area contributed by atoms with Crippen LogP contribution in [0.25, 0.3) is 0 Å². The summed E-state index contributed by atoms with van der Waals surface area (Å²) in [6.45, 7) is 16.5. The van der Waals surface area contributed by atoms with Crippen LogP contribution >= 0.6 is 45.8 Å². The zero-order valence-electron chi connectivity index (χ0n) is 51.3. The maximum atomic E-state index is 15.5. The van der Waals surface area contributed by atoms with Crippen LogP contribution in [0.4, 0.5) is 15.3 Å². The highest BCUT2D eigenvalue weighted by molar-refractivity contribution is 14.1. The third-order valence-electron chi connectivity index (χ3n) is 19.2. The van der Waals surface area contributed by atoms with Crippen LogP contribution in [0.3, 0.4) is 0 Å². The Morgan fingerprint density at radius 1 is 0.930 bits per heavy atom. The molecule has 86 heavy (non-hydrogen) atoms. The Balaban J connectivity index is 1.04. The van der Waals surface area contributed by atoms with Crippen LogP contribution in [-0.4, -0.2) is 209 Å². The summed E-state index contributed by atoms with van der Waals surface area (Å²) in [5.74, 6) is -3.28. The molecule has 2 N–H and O–H groups in total. The number of methoxy groups -OCH3 is 2. The molecule has 2 bridgehead atoms. The number of cyclic esters (lactones) is 1. The molecule has 7 aliphatic rings. The van der Waals surface area contributed by atoms with Crippen molar-refractivity contribution in [3.05, 3.63) is 46.2 Å². The average molecular weight is 1360 g/mol. The number of hydrogen-bond donors (Lipinski definition) is 2. The third-order valence-corrected chi connectivity index (χ3v) is 21.3. The molecule has 1 aromatic carbocycles. The Labute approximate surface area is 528 Å². The number of anilines is 1. The van der Waals surface area contributed by atoms with Gasteiger partial charge in [0.1, 0.15) is 18.0 Å². The molecule has 9 rings (SSSR count). The molecule has 6 aliphatic heterocycles. The molecule has 18 atom stereocenters. The van der Waals surface area contributed by atoms with Gasteiger partial charge in [0, 0.05) is 101 Å². The number of alkyl halides is 1. The van der Waals surface area contributed by atoms with E-state index in [1.54, 1.807) is 71.0 Å². The van der Waals surface area contributed by atoms with Gasteiger partial charge in [-0.25, -0.2) is 9.59 Å². The van der Waals surface area contributed by atoms with Gasteiger partial charge in [0.15, 0.2) is 33.8 Å². The van der Waals surface area contributed by atoms with E-state index >= 15 is 9.59 Å². The van der Waals surface area contributed by atoms with Crippen molar-refractivity contribution in [2.75, 3.05) is 72.2 Å². The summed E-state index contributed by atoms with van der Waals surface area (Å²) in [6, 6.07) is 3.79. The summed E-state index contributed by atoms with van der Waals surface area (Å²) >= 11 is 15.5. The molecular weight excluding hydrogens is 1270 g/mol. The quantitative estimate of drug-likeness (QED) is 0.0915. The number of urea groups is 1. The van der Waals surface area contributed by atoms with Gasteiger partial charge in [0.2, 0.25) is 0 Å². The lowest BCUT2D eigenvalue weighted by Gasteiger charge is -2.49. The van der Waals surface area contributed by atoms with Gasteiger partial charge in [-0.15, -0.1) is 0 Å². The van der Waals surface area contributed by atoms with E-state index in [4.69, 9.17) is 75.3 Å². The summed E-state index contributed by atoms with van der Waals surface area (Å²) in [6.07, 6.45) is -0.792. The molecule has 25 heteroatoms. The Bertz CT molecular complexity index is 2690. The fraction of sp³-hybridized carbons (Fsp3) is 0.754. The van der Waals surface area contributed by atoms with Gasteiger partial charge in [-0.1, -0.05) is 37.0 Å². The number of pyridine rings is 1. The Hall–Kier alpha value is -3.60. The topological polar surface area (TPSA) is 236 Å². The maximum absolute atomic E-state index is 15.5. The standard InChI is InChI=1S/C61H88Cl2IN5O17/c1-33-25-44(66(9)57(74)67-21-23-78-24-22-67)49(71)55(80-33)84-53-35(3)50(83-47-28-59(6,77-11)52(72)37(5)81-47)36(4)54(73)85-56(64)61(8)51(34(2)48(70)38-27-60(53,7)79-32-38)69(58(75)86-61)20-14-19-68(31-41-42(62)29-65-30-43(41)63)39-17-18-45(76-10)46(26-39)82-40-15-12-13-16-40/h17-18,26,29-30,33-38,40,44,47,49-53,55-56,71-72H,12-16,19-25,27-28,31-32H2,1-11H3/t33-,34+,35+,36-,37+,38+,44+,47+,49-,50+,51-,52+,53-,55+,56+,59-,60-,61+/m1/s1. The lowest BCUT2D eigenvalue weighted by atomic mass is 9.75. The fourth-order valence-corrected chi connectivity index (χ4v) is 15.3. The molecule has 6 saturated heterocycles. The van der Waals surface area contributed by atoms with Crippen LogP contribution in [0.1, 0.15) is 112 Å². The molecule has 7 heterocycles. The van der Waals surface area contributed by atoms with E-state index in [0.29, 0.717) is 72.8 Å². The van der Waals surface area contributed by atoms with Crippen molar-refractivity contribution in [3.63, 3.8) is 0 Å². The number of ether oxygens (including phenoxy) is 11. The van der Waals surface area contributed by atoms with E-state index in [9.17, 15) is 19.8 Å². The number of rotatable bonds is 16. The number of morpholine rings is 1. The van der Waals surface area contributed by atoms with Crippen LogP contribution < -0.4 is 14.4 Å². The summed E-state index contributed by atoms with van der Waals surface area (Å²) < 4.78 is 69.0. The summed E-state index contributed by atoms with van der Waals surface area (Å²) in [7, 11) is 4.76. The molecule has 3 amide bonds. The minimum atomic E-state index is -1.57. The van der Waals surface area contributed by atoms with Crippen molar-refractivity contribution in [2.24, 2.45) is 23.7 Å². The third kappa shape index (κ3) is 14.0. The number of ketones is 1. The van der Waals surface area contributed by atoms with Gasteiger partial charge >= 0.3 is 18.1 Å². The van der Waals surface area contributed by atoms with Crippen LogP contribution in [0, 0.1) is 23.7 Å². The van der Waals surface area contributed by atoms with E-state index in [2.05, 4.69) is 9.88 Å². The lowest BCUT2D eigenvalue weighted by molar-refractivity contribution is -0.316. The average Bonchev–Trinajstić information content (AvgIpc) is 1.60. The smallest absolute Gasteiger partial charge is 0.410 e. The zero-order valence-corrected chi connectivity index (χ0v) is 55.0. The van der Waals surface area contributed by atoms with Gasteiger partial charge in [-0.2, -0.15) is 0 Å². The number of aromatic nitrogens is 1. The molecule has 7 fully saturated rings. The molecule has 2 aromatic rings. The van der Waals surface area contributed by atoms with Crippen LogP contribution in [-0.2, 0) is 58.8 Å². The number of halogens is 3. The minimum Gasteiger partial charge on any atom is -0.493 e. The number of hydrogen-bond acceptors (Lipinski definition) is 19. The number of aliphatic hydroxyl groups is 2. The lowest BCUT2D eigenvalue weighted by Crippen LogP contribution is -2.62. The first kappa shape index (κ1) is 66.8. The molecule has 1 aliphatic carbocycles. The zero-order chi connectivity index (χ0) is 62.2. The van der Waals surface area contributed by atoms with Crippen LogP contribution in [0.2, 0.25) is 10.0 Å². The van der Waals surface area contributed by atoms with E-state index in [0.717, 1.165) is 31.4 Å². The predicted octanol–water partition coefficient (Wildman–Crippen LogP) is 8.20. The van der Waals surface area contributed by atoms with Crippen LogP contribution in [0.5, 0.6) is 11.5 Å². The van der Waals surface area contributed by atoms with E-state index < -0.39 is 118 Å². The maximum Gasteiger partial charge on any atom is 0.410 e. The Morgan fingerprint density at radius 2 is 1.63 bits per heavy atom. The number of nitrogens with zero attached hydrogens (tertiary/aromatic N) is 5. The number of carbonyl (C=O) groups excluding carboxylic acids is 4. The molecule has 0 radical (unpaired) electrons. The monoisotopic (exact) mass is 1360 g/mol. The molecule has 1 saturated carbocycles. The largest absolute Gasteiger partial charge is 0.493 e. The van der Waals surface area contributed by atoms with Gasteiger partial charge in [-0.05, 0) is 121 Å². The molecule has 0 unspecified atom stereocenters. The SMILES string of the molecule is COc1ccc(N(CCCN2C(=O)O[C@]3(C)[C@@H](I)OC(=O)[C@H](C)[C@@H](O[C@H]4C[C@@](C)(OC)[C@@H](O)[C@H](C)O4)[C@H](C)[C@@H](O[C@@H]4O[C@H](C)C[C@H](N(C)C(=O)N5CCOCC5)[C@H]4O)[C@@]4(C)C[C@@H](CO4)C(=O)[C@H](C)[C@@H]23)Cc2c(Cl)cncc2Cl)cc1OC1CCCC1. The summed E-state index contributed by atoms with van der Waals surface area (Å²) in [4.78, 5) is 70.3. The van der Waals surface area contributed by atoms with E-state index in [1.807, 2.05) is 61.6 Å². The van der Waals surface area contributed by atoms with Gasteiger partial charge in [-0.3, -0.25) is 14.6 Å². The number of esters is 1. The number of Topliss-reactive ketones (excluding diaryl/α,β-unsaturated/α-hetero) is 1. The summed E-state index contributed by atoms with van der Waals surface area (Å²) in [5.41, 5.74) is -2.55. The highest BCUT2D eigenvalue weighted by Gasteiger charge is 2.62. The number of carbonyl (C=O) groups is 4. The van der Waals surface area contributed by atoms with E-state index in [-0.39, 0.29) is 50.5 Å². The van der Waals surface area contributed by atoms with Gasteiger partial charge < -0.3 is 81.9 Å². The second-order valence-electron chi connectivity index (χ2n) is 25.2. The van der Waals surface area contributed by atoms with Gasteiger partial charge in [0.25, 0.3) is 0 Å². The fourth-order valence-electron chi connectivity index (χ4n) is 14.1. The Morgan fingerprint density at radius 3 is 2.30 bits per heavy atom. The van der Waals surface area contributed by atoms with Crippen molar-refractivity contribution in [2.45, 2.75) is 202 Å². The number of aliphatic hydroxyl groups excluding tert-OH is 2. The normalized spacial score (nSPS) is 37.3. The first-order valence-electron chi connectivity index (χ1n) is 30.3.